The van der Waals surface area contributed by atoms with Crippen LogP contribution >= 0.6 is 0 Å². The molecule has 0 amide bonds. The molecule has 0 aromatic heterocycles. The van der Waals surface area contributed by atoms with Crippen molar-refractivity contribution in [3.8, 4) is 5.75 Å². The van der Waals surface area contributed by atoms with E-state index in [9.17, 15) is 8.42 Å². The lowest BCUT2D eigenvalue weighted by molar-refractivity contribution is 0.323. The Hall–Kier alpha value is -1.07. The third kappa shape index (κ3) is 4.80. The summed E-state index contributed by atoms with van der Waals surface area (Å²) >= 11 is 0. The quantitative estimate of drug-likeness (QED) is 0.740. The second kappa shape index (κ2) is 5.72. The van der Waals surface area contributed by atoms with Crippen molar-refractivity contribution >= 4 is 10.0 Å². The van der Waals surface area contributed by atoms with Crippen molar-refractivity contribution in [1.82, 2.24) is 4.72 Å². The summed E-state index contributed by atoms with van der Waals surface area (Å²) in [6, 6.07) is 9.28. The minimum absolute atomic E-state index is 0.0956. The average Bonchev–Trinajstić information content (AvgIpc) is 2.26. The number of hydrogen-bond donors (Lipinski definition) is 1. The fourth-order valence-corrected chi connectivity index (χ4v) is 1.58. The van der Waals surface area contributed by atoms with Crippen molar-refractivity contribution < 1.29 is 13.2 Å². The van der Waals surface area contributed by atoms with Crippen LogP contribution in [0.15, 0.2) is 30.3 Å². The number of rotatable bonds is 6. The molecule has 1 rings (SSSR count). The Balaban J connectivity index is 2.24. The molecule has 0 aliphatic carbocycles. The van der Waals surface area contributed by atoms with Crippen LogP contribution in [-0.2, 0) is 10.0 Å². The minimum atomic E-state index is -3.10. The molecule has 4 nitrogen and oxygen atoms in total. The molecule has 15 heavy (non-hydrogen) atoms. The number of para-hydroxylation sites is 1. The van der Waals surface area contributed by atoms with Crippen LogP contribution in [0.4, 0.5) is 0 Å². The molecule has 0 atom stereocenters. The molecule has 1 aromatic carbocycles. The minimum Gasteiger partial charge on any atom is -0.492 e. The second-order valence-corrected chi connectivity index (χ2v) is 5.05. The largest absolute Gasteiger partial charge is 0.492 e. The Morgan fingerprint density at radius 1 is 1.27 bits per heavy atom. The van der Waals surface area contributed by atoms with Gasteiger partial charge in [-0.05, 0) is 19.1 Å². The first-order valence-corrected chi connectivity index (χ1v) is 6.44. The molecular weight excluding hydrogens is 214 g/mol. The first-order chi connectivity index (χ1) is 7.14. The van der Waals surface area contributed by atoms with E-state index in [-0.39, 0.29) is 5.75 Å². The molecule has 0 bridgehead atoms. The predicted molar refractivity (Wildman–Crippen MR) is 59.4 cm³/mol. The normalized spacial score (nSPS) is 11.3. The number of hydrogen-bond acceptors (Lipinski definition) is 3. The summed E-state index contributed by atoms with van der Waals surface area (Å²) in [5.74, 6) is 0.839. The van der Waals surface area contributed by atoms with Crippen molar-refractivity contribution in [3.05, 3.63) is 30.3 Å². The van der Waals surface area contributed by atoms with E-state index in [0.29, 0.717) is 13.2 Å². The van der Waals surface area contributed by atoms with Crippen LogP contribution in [-0.4, -0.2) is 27.3 Å². The molecule has 0 fully saturated rings. The smallest absolute Gasteiger partial charge is 0.211 e. The lowest BCUT2D eigenvalue weighted by atomic mass is 10.3. The van der Waals surface area contributed by atoms with E-state index >= 15 is 0 Å². The lowest BCUT2D eigenvalue weighted by Crippen LogP contribution is -2.29. The van der Waals surface area contributed by atoms with E-state index in [1.165, 1.54) is 0 Å². The lowest BCUT2D eigenvalue weighted by Gasteiger charge is -2.06. The number of ether oxygens (including phenoxy) is 1. The highest BCUT2D eigenvalue weighted by atomic mass is 32.2. The maximum Gasteiger partial charge on any atom is 0.211 e. The van der Waals surface area contributed by atoms with Crippen LogP contribution in [0.1, 0.15) is 6.92 Å². The van der Waals surface area contributed by atoms with E-state index in [1.54, 1.807) is 6.92 Å². The van der Waals surface area contributed by atoms with Crippen molar-refractivity contribution in [3.63, 3.8) is 0 Å². The molecule has 0 heterocycles. The Labute approximate surface area is 90.3 Å². The maximum absolute atomic E-state index is 11.0. The van der Waals surface area contributed by atoms with Gasteiger partial charge in [-0.15, -0.1) is 0 Å². The van der Waals surface area contributed by atoms with E-state index in [4.69, 9.17) is 4.74 Å². The summed E-state index contributed by atoms with van der Waals surface area (Å²) < 4.78 is 29.8. The zero-order valence-corrected chi connectivity index (χ0v) is 9.46. The first-order valence-electron chi connectivity index (χ1n) is 4.79. The Bertz CT molecular complexity index is 375. The molecular formula is C10H15NO3S. The van der Waals surface area contributed by atoms with Gasteiger partial charge in [0, 0.05) is 6.54 Å². The van der Waals surface area contributed by atoms with Crippen LogP contribution in [0.5, 0.6) is 5.75 Å². The average molecular weight is 229 g/mol. The highest BCUT2D eigenvalue weighted by Crippen LogP contribution is 2.07. The number of benzene rings is 1. The molecule has 0 spiro atoms. The summed E-state index contributed by atoms with van der Waals surface area (Å²) in [4.78, 5) is 0. The van der Waals surface area contributed by atoms with Crippen LogP contribution in [0, 0.1) is 0 Å². The number of nitrogens with one attached hydrogen (secondary N) is 1. The van der Waals surface area contributed by atoms with Crippen LogP contribution in [0.25, 0.3) is 0 Å². The van der Waals surface area contributed by atoms with Gasteiger partial charge in [-0.1, -0.05) is 18.2 Å². The van der Waals surface area contributed by atoms with E-state index < -0.39 is 10.0 Å². The second-order valence-electron chi connectivity index (χ2n) is 2.96. The Kier molecular flexibility index (Phi) is 4.58. The van der Waals surface area contributed by atoms with Crippen molar-refractivity contribution in [2.24, 2.45) is 0 Å². The molecule has 1 N–H and O–H groups in total. The molecule has 1 aromatic rings. The van der Waals surface area contributed by atoms with Crippen LogP contribution < -0.4 is 9.46 Å². The molecule has 0 aliphatic heterocycles. The molecule has 0 radical (unpaired) electrons. The number of sulfonamides is 1. The van der Waals surface area contributed by atoms with E-state index in [0.717, 1.165) is 5.75 Å². The Morgan fingerprint density at radius 2 is 1.93 bits per heavy atom. The molecule has 0 aliphatic rings. The summed E-state index contributed by atoms with van der Waals surface area (Å²) in [6.07, 6.45) is 0. The predicted octanol–water partition coefficient (Wildman–Crippen LogP) is 1.00. The van der Waals surface area contributed by atoms with Crippen molar-refractivity contribution in [2.45, 2.75) is 6.92 Å². The van der Waals surface area contributed by atoms with E-state index in [1.807, 2.05) is 30.3 Å². The van der Waals surface area contributed by atoms with Gasteiger partial charge in [0.2, 0.25) is 10.0 Å². The fraction of sp³-hybridized carbons (Fsp3) is 0.400. The van der Waals surface area contributed by atoms with E-state index in [2.05, 4.69) is 4.72 Å². The summed E-state index contributed by atoms with van der Waals surface area (Å²) in [7, 11) is -3.10. The van der Waals surface area contributed by atoms with Gasteiger partial charge < -0.3 is 4.74 Å². The van der Waals surface area contributed by atoms with Gasteiger partial charge in [-0.25, -0.2) is 13.1 Å². The Morgan fingerprint density at radius 3 is 2.53 bits per heavy atom. The topological polar surface area (TPSA) is 55.4 Å². The van der Waals surface area contributed by atoms with Gasteiger partial charge in [0.05, 0.1) is 5.75 Å². The summed E-state index contributed by atoms with van der Waals surface area (Å²) in [5, 5.41) is 0. The standard InChI is InChI=1S/C10H15NO3S/c1-2-15(12,13)11-8-9-14-10-6-4-3-5-7-10/h3-7,11H,2,8-9H2,1H3. The van der Waals surface area contributed by atoms with Gasteiger partial charge in [-0.3, -0.25) is 0 Å². The molecule has 0 saturated carbocycles. The third-order valence-electron chi connectivity index (χ3n) is 1.82. The highest BCUT2D eigenvalue weighted by Gasteiger charge is 2.04. The molecule has 5 heteroatoms. The van der Waals surface area contributed by atoms with Crippen LogP contribution in [0.2, 0.25) is 0 Å². The SMILES string of the molecule is CCS(=O)(=O)NCCOc1ccccc1. The van der Waals surface area contributed by atoms with Gasteiger partial charge in [-0.2, -0.15) is 0 Å². The van der Waals surface area contributed by atoms with Crippen molar-refractivity contribution in [2.75, 3.05) is 18.9 Å². The maximum atomic E-state index is 11.0. The molecule has 0 unspecified atom stereocenters. The zero-order valence-electron chi connectivity index (χ0n) is 8.64. The summed E-state index contributed by atoms with van der Waals surface area (Å²) in [5.41, 5.74) is 0. The van der Waals surface area contributed by atoms with Gasteiger partial charge in [0.25, 0.3) is 0 Å². The summed E-state index contributed by atoms with van der Waals surface area (Å²) in [6.45, 7) is 2.23. The van der Waals surface area contributed by atoms with Gasteiger partial charge >= 0.3 is 0 Å². The monoisotopic (exact) mass is 229 g/mol. The highest BCUT2D eigenvalue weighted by molar-refractivity contribution is 7.89. The first kappa shape index (κ1) is 12.0. The molecule has 0 saturated heterocycles. The van der Waals surface area contributed by atoms with Gasteiger partial charge in [0.15, 0.2) is 0 Å². The third-order valence-corrected chi connectivity index (χ3v) is 3.22. The molecule has 84 valence electrons. The van der Waals surface area contributed by atoms with Crippen LogP contribution in [0.3, 0.4) is 0 Å². The van der Waals surface area contributed by atoms with Crippen molar-refractivity contribution in [1.29, 1.82) is 0 Å². The fourth-order valence-electron chi connectivity index (χ4n) is 0.985. The zero-order chi connectivity index (χ0) is 11.1. The van der Waals surface area contributed by atoms with Gasteiger partial charge in [0.1, 0.15) is 12.4 Å².